The third-order valence-electron chi connectivity index (χ3n) is 3.30. The van der Waals surface area contributed by atoms with Crippen LogP contribution >= 0.6 is 23.1 Å². The van der Waals surface area contributed by atoms with Crippen molar-refractivity contribution in [2.45, 2.75) is 18.5 Å². The highest BCUT2D eigenvalue weighted by molar-refractivity contribution is 7.99. The molecule has 0 saturated heterocycles. The first-order valence-electron chi connectivity index (χ1n) is 6.97. The molecule has 0 saturated carbocycles. The summed E-state index contributed by atoms with van der Waals surface area (Å²) in [5, 5.41) is 11.2. The molecule has 0 bridgehead atoms. The van der Waals surface area contributed by atoms with Gasteiger partial charge in [0.2, 0.25) is 5.03 Å². The summed E-state index contributed by atoms with van der Waals surface area (Å²) in [4.78, 5) is 13.7. The van der Waals surface area contributed by atoms with Crippen molar-refractivity contribution in [2.24, 2.45) is 0 Å². The number of carbonyl (C=O) groups is 1. The van der Waals surface area contributed by atoms with Crippen molar-refractivity contribution in [3.05, 3.63) is 53.7 Å². The number of aromatic nitrogens is 2. The van der Waals surface area contributed by atoms with Crippen molar-refractivity contribution in [1.29, 1.82) is 0 Å². The Hall–Kier alpha value is -1.92. The smallest absolute Gasteiger partial charge is 0.393 e. The summed E-state index contributed by atoms with van der Waals surface area (Å²) in [5.74, 6) is 0.288. The van der Waals surface area contributed by atoms with Crippen molar-refractivity contribution < 1.29 is 18.9 Å². The maximum Gasteiger partial charge on any atom is 0.393 e. The highest BCUT2D eigenvalue weighted by Crippen LogP contribution is 2.25. The summed E-state index contributed by atoms with van der Waals surface area (Å²) >= 11 is 2.81. The molecule has 0 radical (unpaired) electrons. The molecule has 1 N–H and O–H groups in total. The van der Waals surface area contributed by atoms with Gasteiger partial charge in [-0.05, 0) is 30.8 Å². The van der Waals surface area contributed by atoms with Crippen molar-refractivity contribution in [1.82, 2.24) is 0 Å². The van der Waals surface area contributed by atoms with Gasteiger partial charge in [0.25, 0.3) is 4.83 Å². The number of fused-ring (bicyclic) bond motifs is 1. The molecular formula is C16H16N2O2S2+2. The summed E-state index contributed by atoms with van der Waals surface area (Å²) < 4.78 is 3.73. The fourth-order valence-corrected chi connectivity index (χ4v) is 4.21. The van der Waals surface area contributed by atoms with Gasteiger partial charge >= 0.3 is 5.88 Å². The minimum absolute atomic E-state index is 0.0302. The monoisotopic (exact) mass is 332 g/mol. The van der Waals surface area contributed by atoms with Crippen LogP contribution in [0.3, 0.4) is 0 Å². The molecule has 112 valence electrons. The lowest BCUT2D eigenvalue weighted by molar-refractivity contribution is -0.729. The van der Waals surface area contributed by atoms with Gasteiger partial charge in [-0.3, -0.25) is 4.79 Å². The Morgan fingerprint density at radius 2 is 2.00 bits per heavy atom. The van der Waals surface area contributed by atoms with Crippen LogP contribution in [0.15, 0.2) is 53.8 Å². The Morgan fingerprint density at radius 3 is 2.77 bits per heavy atom. The van der Waals surface area contributed by atoms with E-state index in [1.165, 1.54) is 23.1 Å². The van der Waals surface area contributed by atoms with Crippen LogP contribution in [-0.4, -0.2) is 16.6 Å². The molecule has 3 heterocycles. The van der Waals surface area contributed by atoms with Crippen LogP contribution in [0.2, 0.25) is 0 Å². The van der Waals surface area contributed by atoms with E-state index in [1.54, 1.807) is 10.6 Å². The normalized spacial score (nSPS) is 11.0. The average molecular weight is 332 g/mol. The largest absolute Gasteiger partial charge is 0.458 e. The second-order valence-corrected chi connectivity index (χ2v) is 6.73. The number of aryl methyl sites for hydroxylation is 1. The quantitative estimate of drug-likeness (QED) is 0.443. The lowest BCUT2D eigenvalue weighted by Crippen LogP contribution is -2.34. The Kier molecular flexibility index (Phi) is 4.40. The van der Waals surface area contributed by atoms with E-state index in [-0.39, 0.29) is 11.7 Å². The summed E-state index contributed by atoms with van der Waals surface area (Å²) in [7, 11) is 0. The minimum Gasteiger partial charge on any atom is -0.458 e. The van der Waals surface area contributed by atoms with Crippen LogP contribution < -0.4 is 8.97 Å². The van der Waals surface area contributed by atoms with E-state index in [2.05, 4.69) is 11.5 Å². The topological polar surface area (TPSA) is 45.3 Å². The van der Waals surface area contributed by atoms with Gasteiger partial charge in [-0.1, -0.05) is 11.3 Å². The second-order valence-electron chi connectivity index (χ2n) is 4.70. The Bertz CT molecular complexity index is 830. The van der Waals surface area contributed by atoms with E-state index < -0.39 is 0 Å². The molecule has 22 heavy (non-hydrogen) atoms. The summed E-state index contributed by atoms with van der Waals surface area (Å²) in [6.45, 7) is 2.93. The van der Waals surface area contributed by atoms with E-state index in [0.29, 0.717) is 10.6 Å². The number of Topliss-reactive ketones (excluding diaryl/α,β-unsaturated/α-hetero) is 1. The Balaban J connectivity index is 1.80. The maximum atomic E-state index is 12.4. The van der Waals surface area contributed by atoms with E-state index in [1.807, 2.05) is 42.6 Å². The number of aromatic hydroxyl groups is 1. The number of thioether (sulfide) groups is 1. The van der Waals surface area contributed by atoms with Crippen molar-refractivity contribution >= 4 is 33.7 Å². The molecule has 0 aliphatic rings. The molecule has 0 aromatic carbocycles. The van der Waals surface area contributed by atoms with Gasteiger partial charge in [-0.25, -0.2) is 0 Å². The molecule has 0 aliphatic heterocycles. The van der Waals surface area contributed by atoms with Crippen LogP contribution in [0.25, 0.3) is 4.83 Å². The van der Waals surface area contributed by atoms with Crippen molar-refractivity contribution in [3.8, 4) is 5.88 Å². The van der Waals surface area contributed by atoms with Crippen molar-refractivity contribution in [2.75, 3.05) is 5.75 Å². The molecule has 3 rings (SSSR count). The molecule has 3 aromatic heterocycles. The predicted molar refractivity (Wildman–Crippen MR) is 86.5 cm³/mol. The predicted octanol–water partition coefficient (Wildman–Crippen LogP) is 2.47. The van der Waals surface area contributed by atoms with Crippen LogP contribution in [0, 0.1) is 0 Å². The molecule has 0 atom stereocenters. The van der Waals surface area contributed by atoms with Crippen LogP contribution in [-0.2, 0) is 6.54 Å². The van der Waals surface area contributed by atoms with Gasteiger partial charge in [0.05, 0.1) is 5.75 Å². The Morgan fingerprint density at radius 1 is 1.23 bits per heavy atom. The molecule has 0 unspecified atom stereocenters. The molecule has 0 fully saturated rings. The van der Waals surface area contributed by atoms with E-state index in [9.17, 15) is 9.90 Å². The summed E-state index contributed by atoms with van der Waals surface area (Å²) in [5.41, 5.74) is 0. The highest BCUT2D eigenvalue weighted by Gasteiger charge is 2.26. The molecule has 0 amide bonds. The van der Waals surface area contributed by atoms with Gasteiger partial charge < -0.3 is 5.11 Å². The molecule has 0 spiro atoms. The molecule has 6 heteroatoms. The summed E-state index contributed by atoms with van der Waals surface area (Å²) in [6.07, 6.45) is 3.76. The number of hydrogen-bond acceptors (Lipinski definition) is 4. The van der Waals surface area contributed by atoms with Gasteiger partial charge in [0.1, 0.15) is 6.54 Å². The zero-order chi connectivity index (χ0) is 15.5. The SMILES string of the molecule is CC[n+]1ccccc1SCC(=O)c1sc2cccc[n+]2c1O. The Labute approximate surface area is 136 Å². The lowest BCUT2D eigenvalue weighted by atomic mass is 10.4. The van der Waals surface area contributed by atoms with E-state index >= 15 is 0 Å². The maximum absolute atomic E-state index is 12.4. The standard InChI is InChI=1S/C16H15N2O2S2/c1-2-17-9-5-3-7-13(17)21-11-12(19)15-16(20)18-10-6-4-8-14(18)22-15/h3-10H,2,11H2,1H3/q+1/p+1. The molecule has 4 nitrogen and oxygen atoms in total. The lowest BCUT2D eigenvalue weighted by Gasteiger charge is -1.99. The number of ketones is 1. The third kappa shape index (κ3) is 2.84. The number of rotatable bonds is 5. The van der Waals surface area contributed by atoms with Crippen molar-refractivity contribution in [3.63, 3.8) is 0 Å². The van der Waals surface area contributed by atoms with E-state index in [0.717, 1.165) is 16.4 Å². The molecular weight excluding hydrogens is 316 g/mol. The van der Waals surface area contributed by atoms with Gasteiger partial charge in [0, 0.05) is 24.3 Å². The summed E-state index contributed by atoms with van der Waals surface area (Å²) in [6, 6.07) is 11.5. The number of nitrogens with zero attached hydrogens (tertiary/aromatic N) is 2. The number of carbonyl (C=O) groups excluding carboxylic acids is 1. The van der Waals surface area contributed by atoms with Gasteiger partial charge in [-0.2, -0.15) is 4.57 Å². The number of pyridine rings is 2. The van der Waals surface area contributed by atoms with Crippen LogP contribution in [0.4, 0.5) is 0 Å². The minimum atomic E-state index is -0.0530. The zero-order valence-corrected chi connectivity index (χ0v) is 13.7. The number of hydrogen-bond donors (Lipinski definition) is 1. The molecule has 0 aliphatic carbocycles. The van der Waals surface area contributed by atoms with Gasteiger partial charge in [0.15, 0.2) is 23.1 Å². The van der Waals surface area contributed by atoms with E-state index in [4.69, 9.17) is 0 Å². The zero-order valence-electron chi connectivity index (χ0n) is 12.1. The third-order valence-corrected chi connectivity index (χ3v) is 5.53. The molecule has 3 aromatic rings. The van der Waals surface area contributed by atoms with Gasteiger partial charge in [-0.15, -0.1) is 4.40 Å². The second kappa shape index (κ2) is 6.46. The van der Waals surface area contributed by atoms with Crippen LogP contribution in [0.1, 0.15) is 16.6 Å². The fraction of sp³-hybridized carbons (Fsp3) is 0.188. The highest BCUT2D eigenvalue weighted by atomic mass is 32.2. The first-order valence-corrected chi connectivity index (χ1v) is 8.77. The van der Waals surface area contributed by atoms with Crippen LogP contribution in [0.5, 0.6) is 5.88 Å². The fourth-order valence-electron chi connectivity index (χ4n) is 2.18. The first-order chi connectivity index (χ1) is 10.7. The average Bonchev–Trinajstić information content (AvgIpc) is 2.90. The first kappa shape index (κ1) is 15.0. The number of thiazole rings is 1.